The molecule has 0 unspecified atom stereocenters. The SMILES string of the molecule is Fc1ccc(-c2nnn3c2CO[C@H]2CN(C4CCOCC4)C[C@@H]23)c(Cl)c1. The maximum Gasteiger partial charge on any atom is 0.124 e. The Morgan fingerprint density at radius 3 is 2.85 bits per heavy atom. The molecule has 0 saturated carbocycles. The molecule has 1 aromatic heterocycles. The van der Waals surface area contributed by atoms with Gasteiger partial charge in [0.2, 0.25) is 0 Å². The van der Waals surface area contributed by atoms with Gasteiger partial charge in [-0.1, -0.05) is 16.8 Å². The Morgan fingerprint density at radius 2 is 2.04 bits per heavy atom. The molecule has 0 amide bonds. The lowest BCUT2D eigenvalue weighted by atomic mass is 10.1. The number of nitrogens with zero attached hydrogens (tertiary/aromatic N) is 4. The van der Waals surface area contributed by atoms with Gasteiger partial charge in [0, 0.05) is 37.9 Å². The number of fused-ring (bicyclic) bond motifs is 3. The van der Waals surface area contributed by atoms with E-state index >= 15 is 0 Å². The van der Waals surface area contributed by atoms with Gasteiger partial charge in [0.25, 0.3) is 0 Å². The van der Waals surface area contributed by atoms with E-state index in [1.807, 2.05) is 4.68 Å². The van der Waals surface area contributed by atoms with Gasteiger partial charge in [0.15, 0.2) is 0 Å². The van der Waals surface area contributed by atoms with Gasteiger partial charge in [0.1, 0.15) is 11.5 Å². The largest absolute Gasteiger partial charge is 0.381 e. The summed E-state index contributed by atoms with van der Waals surface area (Å²) in [4.78, 5) is 2.50. The number of likely N-dealkylation sites (tertiary alicyclic amines) is 1. The summed E-state index contributed by atoms with van der Waals surface area (Å²) in [6, 6.07) is 5.05. The number of benzene rings is 1. The molecule has 2 aromatic rings. The highest BCUT2D eigenvalue weighted by molar-refractivity contribution is 6.33. The Labute approximate surface area is 155 Å². The summed E-state index contributed by atoms with van der Waals surface area (Å²) in [6.45, 7) is 3.93. The number of rotatable bonds is 2. The second-order valence-electron chi connectivity index (χ2n) is 7.17. The summed E-state index contributed by atoms with van der Waals surface area (Å²) < 4.78 is 27.0. The first kappa shape index (κ1) is 16.6. The molecule has 2 saturated heterocycles. The molecule has 0 spiro atoms. The summed E-state index contributed by atoms with van der Waals surface area (Å²) >= 11 is 6.22. The third kappa shape index (κ3) is 2.74. The van der Waals surface area contributed by atoms with Gasteiger partial charge < -0.3 is 9.47 Å². The Hall–Kier alpha value is -1.54. The van der Waals surface area contributed by atoms with Crippen LogP contribution in [0.5, 0.6) is 0 Å². The second kappa shape index (κ2) is 6.56. The van der Waals surface area contributed by atoms with Crippen molar-refractivity contribution in [3.8, 4) is 11.3 Å². The zero-order valence-electron chi connectivity index (χ0n) is 14.3. The molecule has 0 radical (unpaired) electrons. The average Bonchev–Trinajstić information content (AvgIpc) is 3.26. The Morgan fingerprint density at radius 1 is 1.19 bits per heavy atom. The topological polar surface area (TPSA) is 52.4 Å². The van der Waals surface area contributed by atoms with Crippen molar-refractivity contribution in [2.75, 3.05) is 26.3 Å². The van der Waals surface area contributed by atoms with Crippen molar-refractivity contribution in [3.63, 3.8) is 0 Å². The fraction of sp³-hybridized carbons (Fsp3) is 0.556. The van der Waals surface area contributed by atoms with Gasteiger partial charge >= 0.3 is 0 Å². The molecule has 2 fully saturated rings. The highest BCUT2D eigenvalue weighted by Gasteiger charge is 2.43. The molecule has 1 aromatic carbocycles. The van der Waals surface area contributed by atoms with Crippen molar-refractivity contribution in [1.29, 1.82) is 0 Å². The molecule has 138 valence electrons. The number of hydrogen-bond donors (Lipinski definition) is 0. The molecule has 6 nitrogen and oxygen atoms in total. The Kier molecular flexibility index (Phi) is 4.20. The van der Waals surface area contributed by atoms with Crippen LogP contribution in [0.15, 0.2) is 18.2 Å². The maximum atomic E-state index is 13.4. The van der Waals surface area contributed by atoms with E-state index in [-0.39, 0.29) is 18.0 Å². The van der Waals surface area contributed by atoms with Gasteiger partial charge in [-0.05, 0) is 31.0 Å². The Balaban J connectivity index is 1.43. The van der Waals surface area contributed by atoms with Gasteiger partial charge in [0.05, 0.1) is 29.5 Å². The lowest BCUT2D eigenvalue weighted by Gasteiger charge is -2.30. The summed E-state index contributed by atoms with van der Waals surface area (Å²) in [7, 11) is 0. The molecule has 3 aliphatic rings. The Bertz CT molecular complexity index is 824. The second-order valence-corrected chi connectivity index (χ2v) is 7.57. The van der Waals surface area contributed by atoms with Gasteiger partial charge in [-0.15, -0.1) is 5.10 Å². The van der Waals surface area contributed by atoms with Crippen molar-refractivity contribution in [2.45, 2.75) is 37.6 Å². The fourth-order valence-electron chi connectivity index (χ4n) is 4.32. The van der Waals surface area contributed by atoms with Crippen LogP contribution >= 0.6 is 11.6 Å². The van der Waals surface area contributed by atoms with Crippen molar-refractivity contribution in [3.05, 3.63) is 34.7 Å². The minimum absolute atomic E-state index is 0.128. The highest BCUT2D eigenvalue weighted by atomic mass is 35.5. The molecule has 0 N–H and O–H groups in total. The minimum atomic E-state index is -0.362. The fourth-order valence-corrected chi connectivity index (χ4v) is 4.58. The normalized spacial score (nSPS) is 26.7. The van der Waals surface area contributed by atoms with E-state index in [1.165, 1.54) is 12.1 Å². The quantitative estimate of drug-likeness (QED) is 0.804. The molecule has 4 heterocycles. The van der Waals surface area contributed by atoms with E-state index in [2.05, 4.69) is 15.2 Å². The standard InChI is InChI=1S/C18H20ClFN4O2/c19-14-7-11(20)1-2-13(14)18-16-10-26-17-9-23(12-3-5-25-6-4-12)8-15(17)24(16)22-21-18/h1-2,7,12,15,17H,3-6,8-10H2/t15-,17-/m0/s1. The van der Waals surface area contributed by atoms with Crippen LogP contribution in [0, 0.1) is 5.82 Å². The third-order valence-electron chi connectivity index (χ3n) is 5.70. The van der Waals surface area contributed by atoms with Crippen LogP contribution in [-0.4, -0.2) is 58.3 Å². The number of halogens is 2. The zero-order chi connectivity index (χ0) is 17.7. The highest BCUT2D eigenvalue weighted by Crippen LogP contribution is 2.37. The van der Waals surface area contributed by atoms with Crippen molar-refractivity contribution in [1.82, 2.24) is 19.9 Å². The monoisotopic (exact) mass is 378 g/mol. The van der Waals surface area contributed by atoms with Crippen molar-refractivity contribution >= 4 is 11.6 Å². The predicted molar refractivity (Wildman–Crippen MR) is 93.5 cm³/mol. The molecule has 0 aliphatic carbocycles. The van der Waals surface area contributed by atoms with Crippen LogP contribution in [-0.2, 0) is 16.1 Å². The molecular formula is C18H20ClFN4O2. The first-order valence-electron chi connectivity index (χ1n) is 9.03. The van der Waals surface area contributed by atoms with Crippen molar-refractivity contribution < 1.29 is 13.9 Å². The van der Waals surface area contributed by atoms with Crippen LogP contribution < -0.4 is 0 Å². The lowest BCUT2D eigenvalue weighted by molar-refractivity contribution is -0.00870. The van der Waals surface area contributed by atoms with E-state index in [0.717, 1.165) is 44.8 Å². The van der Waals surface area contributed by atoms with Crippen molar-refractivity contribution in [2.24, 2.45) is 0 Å². The average molecular weight is 379 g/mol. The van der Waals surface area contributed by atoms with E-state index in [9.17, 15) is 4.39 Å². The first-order chi connectivity index (χ1) is 12.7. The van der Waals surface area contributed by atoms with Gasteiger partial charge in [-0.3, -0.25) is 4.90 Å². The summed E-state index contributed by atoms with van der Waals surface area (Å²) in [5.41, 5.74) is 2.28. The predicted octanol–water partition coefficient (Wildman–Crippen LogP) is 2.67. The van der Waals surface area contributed by atoms with E-state index in [1.54, 1.807) is 6.07 Å². The van der Waals surface area contributed by atoms with E-state index < -0.39 is 0 Å². The van der Waals surface area contributed by atoms with Crippen LogP contribution in [0.1, 0.15) is 24.6 Å². The maximum absolute atomic E-state index is 13.4. The van der Waals surface area contributed by atoms with Crippen LogP contribution in [0.3, 0.4) is 0 Å². The molecule has 0 bridgehead atoms. The van der Waals surface area contributed by atoms with Gasteiger partial charge in [-0.2, -0.15) is 0 Å². The minimum Gasteiger partial charge on any atom is -0.381 e. The van der Waals surface area contributed by atoms with Crippen LogP contribution in [0.2, 0.25) is 5.02 Å². The number of ether oxygens (including phenoxy) is 2. The molecule has 5 rings (SSSR count). The molecule has 8 heteroatoms. The summed E-state index contributed by atoms with van der Waals surface area (Å²) in [5, 5.41) is 9.08. The van der Waals surface area contributed by atoms with Gasteiger partial charge in [-0.25, -0.2) is 9.07 Å². The summed E-state index contributed by atoms with van der Waals surface area (Å²) in [5.74, 6) is -0.362. The van der Waals surface area contributed by atoms with Crippen LogP contribution in [0.25, 0.3) is 11.3 Å². The molecule has 26 heavy (non-hydrogen) atoms. The molecule has 2 atom stereocenters. The first-order valence-corrected chi connectivity index (χ1v) is 9.41. The van der Waals surface area contributed by atoms with E-state index in [0.29, 0.717) is 28.9 Å². The smallest absolute Gasteiger partial charge is 0.124 e. The van der Waals surface area contributed by atoms with Crippen LogP contribution in [0.4, 0.5) is 4.39 Å². The number of aromatic nitrogens is 3. The third-order valence-corrected chi connectivity index (χ3v) is 6.01. The molecular weight excluding hydrogens is 359 g/mol. The molecule has 3 aliphatic heterocycles. The zero-order valence-corrected chi connectivity index (χ0v) is 15.0. The summed E-state index contributed by atoms with van der Waals surface area (Å²) in [6.07, 6.45) is 2.27. The number of hydrogen-bond acceptors (Lipinski definition) is 5. The lowest BCUT2D eigenvalue weighted by Crippen LogP contribution is -2.38. The van der Waals surface area contributed by atoms with E-state index in [4.69, 9.17) is 21.1 Å².